The summed E-state index contributed by atoms with van der Waals surface area (Å²) in [6.07, 6.45) is 5.52. The summed E-state index contributed by atoms with van der Waals surface area (Å²) in [6, 6.07) is 5.51. The Labute approximate surface area is 130 Å². The summed E-state index contributed by atoms with van der Waals surface area (Å²) in [4.78, 5) is 32.6. The topological polar surface area (TPSA) is 65.5 Å². The molecule has 1 unspecified atom stereocenters. The van der Waals surface area contributed by atoms with Gasteiger partial charge < -0.3 is 15.1 Å². The fraction of sp³-hybridized carbons (Fsp3) is 0.562. The van der Waals surface area contributed by atoms with Crippen LogP contribution < -0.4 is 5.32 Å². The van der Waals surface area contributed by atoms with Crippen molar-refractivity contribution in [2.75, 3.05) is 31.5 Å². The molecule has 1 aromatic heterocycles. The molecular formula is C16H22N4O2. The van der Waals surface area contributed by atoms with Gasteiger partial charge in [0.05, 0.1) is 5.92 Å². The zero-order valence-electron chi connectivity index (χ0n) is 12.7. The van der Waals surface area contributed by atoms with Gasteiger partial charge in [0.2, 0.25) is 5.91 Å². The Morgan fingerprint density at radius 3 is 2.59 bits per heavy atom. The molecule has 0 saturated carbocycles. The second-order valence-electron chi connectivity index (χ2n) is 5.97. The Kier molecular flexibility index (Phi) is 4.56. The Bertz CT molecular complexity index is 528. The van der Waals surface area contributed by atoms with Gasteiger partial charge in [-0.25, -0.2) is 9.78 Å². The molecule has 1 aromatic rings. The average molecular weight is 302 g/mol. The third-order valence-corrected chi connectivity index (χ3v) is 4.36. The highest BCUT2D eigenvalue weighted by Gasteiger charge is 2.31. The number of likely N-dealkylation sites (tertiary alicyclic amines) is 2. The van der Waals surface area contributed by atoms with Gasteiger partial charge in [-0.1, -0.05) is 6.07 Å². The van der Waals surface area contributed by atoms with E-state index in [1.54, 1.807) is 12.3 Å². The van der Waals surface area contributed by atoms with E-state index >= 15 is 0 Å². The van der Waals surface area contributed by atoms with E-state index in [4.69, 9.17) is 0 Å². The standard InChI is InChI=1S/C16H22N4O2/c21-15(18-14-7-1-2-8-17-14)13-6-5-11-20(12-13)16(22)19-9-3-4-10-19/h1-2,7-8,13H,3-6,9-12H2,(H,17,18,21). The minimum Gasteiger partial charge on any atom is -0.325 e. The number of hydrogen-bond acceptors (Lipinski definition) is 3. The maximum absolute atomic E-state index is 12.4. The van der Waals surface area contributed by atoms with E-state index in [1.807, 2.05) is 21.9 Å². The number of rotatable bonds is 2. The molecule has 2 fully saturated rings. The van der Waals surface area contributed by atoms with Gasteiger partial charge in [0.15, 0.2) is 0 Å². The van der Waals surface area contributed by atoms with E-state index in [0.29, 0.717) is 12.4 Å². The monoisotopic (exact) mass is 302 g/mol. The van der Waals surface area contributed by atoms with Gasteiger partial charge in [0.25, 0.3) is 0 Å². The molecule has 2 aliphatic heterocycles. The molecule has 0 aliphatic carbocycles. The summed E-state index contributed by atoms with van der Waals surface area (Å²) in [5.74, 6) is 0.371. The number of aromatic nitrogens is 1. The van der Waals surface area contributed by atoms with Crippen LogP contribution in [0, 0.1) is 5.92 Å². The Morgan fingerprint density at radius 2 is 1.86 bits per heavy atom. The third kappa shape index (κ3) is 3.37. The zero-order chi connectivity index (χ0) is 15.4. The molecule has 0 bridgehead atoms. The van der Waals surface area contributed by atoms with Crippen molar-refractivity contribution in [1.82, 2.24) is 14.8 Å². The second-order valence-corrected chi connectivity index (χ2v) is 5.97. The quantitative estimate of drug-likeness (QED) is 0.908. The lowest BCUT2D eigenvalue weighted by Gasteiger charge is -2.34. The van der Waals surface area contributed by atoms with Crippen LogP contribution >= 0.6 is 0 Å². The molecule has 1 N–H and O–H groups in total. The van der Waals surface area contributed by atoms with Gasteiger partial charge in [-0.3, -0.25) is 4.79 Å². The van der Waals surface area contributed by atoms with E-state index in [-0.39, 0.29) is 17.9 Å². The highest BCUT2D eigenvalue weighted by atomic mass is 16.2. The molecule has 118 valence electrons. The van der Waals surface area contributed by atoms with Crippen molar-refractivity contribution < 1.29 is 9.59 Å². The smallest absolute Gasteiger partial charge is 0.320 e. The lowest BCUT2D eigenvalue weighted by Crippen LogP contribution is -2.48. The molecule has 0 spiro atoms. The van der Waals surface area contributed by atoms with Crippen LogP contribution in [0.3, 0.4) is 0 Å². The zero-order valence-corrected chi connectivity index (χ0v) is 12.7. The normalized spacial score (nSPS) is 21.7. The number of anilines is 1. The highest BCUT2D eigenvalue weighted by Crippen LogP contribution is 2.21. The number of hydrogen-bond donors (Lipinski definition) is 1. The first-order valence-corrected chi connectivity index (χ1v) is 8.00. The highest BCUT2D eigenvalue weighted by molar-refractivity contribution is 5.92. The summed E-state index contributed by atoms with van der Waals surface area (Å²) in [7, 11) is 0. The van der Waals surface area contributed by atoms with Crippen molar-refractivity contribution in [3.05, 3.63) is 24.4 Å². The summed E-state index contributed by atoms with van der Waals surface area (Å²) < 4.78 is 0. The van der Waals surface area contributed by atoms with E-state index < -0.39 is 0 Å². The maximum atomic E-state index is 12.4. The summed E-state index contributed by atoms with van der Waals surface area (Å²) in [5.41, 5.74) is 0. The van der Waals surface area contributed by atoms with Crippen LogP contribution in [0.2, 0.25) is 0 Å². The van der Waals surface area contributed by atoms with Crippen LogP contribution in [-0.2, 0) is 4.79 Å². The van der Waals surface area contributed by atoms with Crippen molar-refractivity contribution in [3.8, 4) is 0 Å². The third-order valence-electron chi connectivity index (χ3n) is 4.36. The number of nitrogens with zero attached hydrogens (tertiary/aromatic N) is 3. The van der Waals surface area contributed by atoms with Crippen LogP contribution in [0.1, 0.15) is 25.7 Å². The molecule has 3 heterocycles. The summed E-state index contributed by atoms with van der Waals surface area (Å²) in [6.45, 7) is 2.96. The van der Waals surface area contributed by atoms with Crippen molar-refractivity contribution in [3.63, 3.8) is 0 Å². The molecule has 6 heteroatoms. The Hall–Kier alpha value is -2.11. The van der Waals surface area contributed by atoms with Gasteiger partial charge in [-0.2, -0.15) is 0 Å². The van der Waals surface area contributed by atoms with Crippen LogP contribution in [0.4, 0.5) is 10.6 Å². The second kappa shape index (κ2) is 6.77. The Balaban J connectivity index is 1.57. The van der Waals surface area contributed by atoms with Gasteiger partial charge in [0.1, 0.15) is 5.82 Å². The van der Waals surface area contributed by atoms with Crippen LogP contribution in [-0.4, -0.2) is 52.9 Å². The Morgan fingerprint density at radius 1 is 1.09 bits per heavy atom. The van der Waals surface area contributed by atoms with Gasteiger partial charge in [0, 0.05) is 32.4 Å². The molecule has 3 rings (SSSR count). The number of carbonyl (C=O) groups excluding carboxylic acids is 2. The van der Waals surface area contributed by atoms with Crippen molar-refractivity contribution in [2.45, 2.75) is 25.7 Å². The number of carbonyl (C=O) groups is 2. The van der Waals surface area contributed by atoms with Gasteiger partial charge in [-0.05, 0) is 37.8 Å². The predicted octanol–water partition coefficient (Wildman–Crippen LogP) is 1.95. The van der Waals surface area contributed by atoms with Crippen LogP contribution in [0.15, 0.2) is 24.4 Å². The van der Waals surface area contributed by atoms with E-state index in [2.05, 4.69) is 10.3 Å². The molecule has 3 amide bonds. The maximum Gasteiger partial charge on any atom is 0.320 e. The first kappa shape index (κ1) is 14.8. The minimum atomic E-state index is -0.151. The van der Waals surface area contributed by atoms with Crippen molar-refractivity contribution >= 4 is 17.8 Å². The lowest BCUT2D eigenvalue weighted by molar-refractivity contribution is -0.121. The SMILES string of the molecule is O=C(Nc1ccccn1)C1CCCN(C(=O)N2CCCC2)C1. The molecule has 2 saturated heterocycles. The largest absolute Gasteiger partial charge is 0.325 e. The number of nitrogens with one attached hydrogen (secondary N) is 1. The molecular weight excluding hydrogens is 280 g/mol. The molecule has 2 aliphatic rings. The van der Waals surface area contributed by atoms with E-state index in [1.165, 1.54) is 0 Å². The number of urea groups is 1. The van der Waals surface area contributed by atoms with E-state index in [0.717, 1.165) is 45.3 Å². The molecule has 1 atom stereocenters. The fourth-order valence-corrected chi connectivity index (χ4v) is 3.14. The first-order chi connectivity index (χ1) is 10.7. The van der Waals surface area contributed by atoms with E-state index in [9.17, 15) is 9.59 Å². The molecule has 0 aromatic carbocycles. The first-order valence-electron chi connectivity index (χ1n) is 8.00. The van der Waals surface area contributed by atoms with Crippen molar-refractivity contribution in [1.29, 1.82) is 0 Å². The van der Waals surface area contributed by atoms with Crippen LogP contribution in [0.5, 0.6) is 0 Å². The fourth-order valence-electron chi connectivity index (χ4n) is 3.14. The molecule has 0 radical (unpaired) electrons. The number of piperidine rings is 1. The molecule has 6 nitrogen and oxygen atoms in total. The predicted molar refractivity (Wildman–Crippen MR) is 83.4 cm³/mol. The number of amides is 3. The summed E-state index contributed by atoms with van der Waals surface area (Å²) in [5, 5.41) is 2.84. The minimum absolute atomic E-state index is 0.0439. The van der Waals surface area contributed by atoms with Crippen LogP contribution in [0.25, 0.3) is 0 Å². The number of pyridine rings is 1. The summed E-state index contributed by atoms with van der Waals surface area (Å²) >= 11 is 0. The van der Waals surface area contributed by atoms with Crippen molar-refractivity contribution in [2.24, 2.45) is 5.92 Å². The average Bonchev–Trinajstić information content (AvgIpc) is 3.09. The molecule has 22 heavy (non-hydrogen) atoms. The van der Waals surface area contributed by atoms with Gasteiger partial charge >= 0.3 is 6.03 Å². The van der Waals surface area contributed by atoms with Gasteiger partial charge in [-0.15, -0.1) is 0 Å². The lowest BCUT2D eigenvalue weighted by atomic mass is 9.97.